The summed E-state index contributed by atoms with van der Waals surface area (Å²) in [6.07, 6.45) is 0.867. The maximum absolute atomic E-state index is 12.1. The van der Waals surface area contributed by atoms with Crippen molar-refractivity contribution in [3.8, 4) is 11.3 Å². The van der Waals surface area contributed by atoms with Crippen molar-refractivity contribution in [1.82, 2.24) is 4.98 Å². The predicted octanol–water partition coefficient (Wildman–Crippen LogP) is 2.62. The van der Waals surface area contributed by atoms with Crippen LogP contribution in [0.15, 0.2) is 34.4 Å². The number of nitrogens with one attached hydrogen (secondary N) is 1. The summed E-state index contributed by atoms with van der Waals surface area (Å²) in [5, 5.41) is 2.78. The van der Waals surface area contributed by atoms with Gasteiger partial charge in [-0.1, -0.05) is 18.2 Å². The Labute approximate surface area is 113 Å². The van der Waals surface area contributed by atoms with E-state index in [-0.39, 0.29) is 5.56 Å². The van der Waals surface area contributed by atoms with Crippen molar-refractivity contribution in [2.24, 2.45) is 5.73 Å². The SMILES string of the molecule is NCc1cccc2c1Cc1c-2[nH]c(=O)c2ccsc12. The highest BCUT2D eigenvalue weighted by atomic mass is 32.1. The molecule has 4 heteroatoms. The van der Waals surface area contributed by atoms with Crippen molar-refractivity contribution in [3.05, 3.63) is 56.7 Å². The molecule has 3 nitrogen and oxygen atoms in total. The number of H-pyrrole nitrogens is 1. The first-order valence-electron chi connectivity index (χ1n) is 6.23. The Morgan fingerprint density at radius 1 is 1.26 bits per heavy atom. The summed E-state index contributed by atoms with van der Waals surface area (Å²) in [5.74, 6) is 0. The molecule has 0 atom stereocenters. The van der Waals surface area contributed by atoms with Crippen molar-refractivity contribution in [3.63, 3.8) is 0 Å². The van der Waals surface area contributed by atoms with Crippen molar-refractivity contribution >= 4 is 21.4 Å². The van der Waals surface area contributed by atoms with Gasteiger partial charge >= 0.3 is 0 Å². The third-order valence-corrected chi connectivity index (χ3v) is 4.81. The van der Waals surface area contributed by atoms with Crippen LogP contribution in [0.5, 0.6) is 0 Å². The average molecular weight is 268 g/mol. The molecule has 3 N–H and O–H groups in total. The monoisotopic (exact) mass is 268 g/mol. The molecule has 19 heavy (non-hydrogen) atoms. The highest BCUT2D eigenvalue weighted by Gasteiger charge is 2.24. The number of pyridine rings is 1. The lowest BCUT2D eigenvalue weighted by Crippen LogP contribution is -2.06. The van der Waals surface area contributed by atoms with Gasteiger partial charge in [-0.15, -0.1) is 11.3 Å². The van der Waals surface area contributed by atoms with Gasteiger partial charge in [0.1, 0.15) is 0 Å². The highest BCUT2D eigenvalue weighted by Crippen LogP contribution is 2.40. The Hall–Kier alpha value is -1.91. The normalized spacial score (nSPS) is 12.7. The van der Waals surface area contributed by atoms with Crippen LogP contribution in [0.2, 0.25) is 0 Å². The molecule has 2 aromatic heterocycles. The van der Waals surface area contributed by atoms with E-state index in [4.69, 9.17) is 5.73 Å². The van der Waals surface area contributed by atoms with Crippen molar-refractivity contribution in [2.75, 3.05) is 0 Å². The zero-order chi connectivity index (χ0) is 13.0. The third kappa shape index (κ3) is 1.38. The van der Waals surface area contributed by atoms with Crippen LogP contribution >= 0.6 is 11.3 Å². The first-order chi connectivity index (χ1) is 9.29. The average Bonchev–Trinajstić information content (AvgIpc) is 3.03. The third-order valence-electron chi connectivity index (χ3n) is 3.84. The highest BCUT2D eigenvalue weighted by molar-refractivity contribution is 7.17. The molecule has 1 aromatic carbocycles. The zero-order valence-electron chi connectivity index (χ0n) is 10.2. The van der Waals surface area contributed by atoms with Gasteiger partial charge in [0, 0.05) is 23.2 Å². The number of thiophene rings is 1. The fraction of sp³-hybridized carbons (Fsp3) is 0.133. The second-order valence-electron chi connectivity index (χ2n) is 4.80. The number of aromatic amines is 1. The van der Waals surface area contributed by atoms with Crippen LogP contribution in [0.25, 0.3) is 21.3 Å². The van der Waals surface area contributed by atoms with Gasteiger partial charge in [0.05, 0.1) is 11.1 Å². The van der Waals surface area contributed by atoms with Gasteiger partial charge in [-0.2, -0.15) is 0 Å². The van der Waals surface area contributed by atoms with Crippen LogP contribution in [0, 0.1) is 0 Å². The number of aromatic nitrogens is 1. The van der Waals surface area contributed by atoms with E-state index in [1.807, 2.05) is 17.5 Å². The largest absolute Gasteiger partial charge is 0.326 e. The van der Waals surface area contributed by atoms with E-state index in [2.05, 4.69) is 17.1 Å². The molecular weight excluding hydrogens is 256 g/mol. The molecular formula is C15H12N2OS. The van der Waals surface area contributed by atoms with Gasteiger partial charge in [-0.05, 0) is 28.1 Å². The lowest BCUT2D eigenvalue weighted by Gasteiger charge is -2.05. The lowest BCUT2D eigenvalue weighted by molar-refractivity contribution is 1.04. The van der Waals surface area contributed by atoms with Gasteiger partial charge < -0.3 is 10.7 Å². The summed E-state index contributed by atoms with van der Waals surface area (Å²) >= 11 is 1.64. The Morgan fingerprint density at radius 3 is 3.00 bits per heavy atom. The minimum Gasteiger partial charge on any atom is -0.326 e. The van der Waals surface area contributed by atoms with E-state index in [0.717, 1.165) is 27.8 Å². The summed E-state index contributed by atoms with van der Waals surface area (Å²) in [6.45, 7) is 0.537. The van der Waals surface area contributed by atoms with Gasteiger partial charge in [-0.3, -0.25) is 4.79 Å². The molecule has 3 aromatic rings. The van der Waals surface area contributed by atoms with E-state index >= 15 is 0 Å². The second-order valence-corrected chi connectivity index (χ2v) is 5.71. The Kier molecular flexibility index (Phi) is 2.19. The van der Waals surface area contributed by atoms with Crippen LogP contribution in [0.3, 0.4) is 0 Å². The quantitative estimate of drug-likeness (QED) is 0.557. The number of rotatable bonds is 1. The second kappa shape index (κ2) is 3.79. The minimum atomic E-state index is 0.000927. The van der Waals surface area contributed by atoms with Gasteiger partial charge in [0.15, 0.2) is 0 Å². The minimum absolute atomic E-state index is 0.000927. The maximum atomic E-state index is 12.1. The molecule has 0 saturated heterocycles. The maximum Gasteiger partial charge on any atom is 0.257 e. The Morgan fingerprint density at radius 2 is 2.16 bits per heavy atom. The van der Waals surface area contributed by atoms with E-state index in [1.54, 1.807) is 11.3 Å². The van der Waals surface area contributed by atoms with Crippen molar-refractivity contribution < 1.29 is 0 Å². The van der Waals surface area contributed by atoms with Crippen LogP contribution in [-0.4, -0.2) is 4.98 Å². The van der Waals surface area contributed by atoms with Gasteiger partial charge in [0.2, 0.25) is 0 Å². The molecule has 0 unspecified atom stereocenters. The number of benzene rings is 1. The molecule has 0 radical (unpaired) electrons. The first kappa shape index (κ1) is 11.0. The molecule has 0 spiro atoms. The van der Waals surface area contributed by atoms with Gasteiger partial charge in [0.25, 0.3) is 5.56 Å². The van der Waals surface area contributed by atoms with E-state index in [0.29, 0.717) is 6.54 Å². The number of nitrogens with two attached hydrogens (primary N) is 1. The Balaban J connectivity index is 2.11. The zero-order valence-corrected chi connectivity index (χ0v) is 11.0. The van der Waals surface area contributed by atoms with E-state index in [1.165, 1.54) is 16.7 Å². The summed E-state index contributed by atoms with van der Waals surface area (Å²) in [7, 11) is 0. The van der Waals surface area contributed by atoms with Gasteiger partial charge in [-0.25, -0.2) is 0 Å². The smallest absolute Gasteiger partial charge is 0.257 e. The summed E-state index contributed by atoms with van der Waals surface area (Å²) in [5.41, 5.74) is 11.6. The lowest BCUT2D eigenvalue weighted by atomic mass is 10.0. The van der Waals surface area contributed by atoms with Crippen molar-refractivity contribution in [2.45, 2.75) is 13.0 Å². The number of hydrogen-bond acceptors (Lipinski definition) is 3. The fourth-order valence-electron chi connectivity index (χ4n) is 2.94. The molecule has 1 aliphatic rings. The summed E-state index contributed by atoms with van der Waals surface area (Å²) in [4.78, 5) is 15.1. The summed E-state index contributed by atoms with van der Waals surface area (Å²) in [6, 6.07) is 8.03. The van der Waals surface area contributed by atoms with Crippen LogP contribution in [0.4, 0.5) is 0 Å². The standard InChI is InChI=1S/C15H12N2OS/c16-7-8-2-1-3-9-11(8)6-12-13(9)17-15(18)10-4-5-19-14(10)12/h1-5H,6-7,16H2,(H,17,18). The topological polar surface area (TPSA) is 58.9 Å². The number of hydrogen-bond donors (Lipinski definition) is 2. The Bertz CT molecular complexity index is 860. The van der Waals surface area contributed by atoms with Crippen LogP contribution in [-0.2, 0) is 13.0 Å². The van der Waals surface area contributed by atoms with E-state index in [9.17, 15) is 4.79 Å². The molecule has 0 saturated carbocycles. The first-order valence-corrected chi connectivity index (χ1v) is 7.11. The fourth-order valence-corrected chi connectivity index (χ4v) is 3.88. The molecule has 0 fully saturated rings. The molecule has 1 aliphatic carbocycles. The van der Waals surface area contributed by atoms with E-state index < -0.39 is 0 Å². The molecule has 0 amide bonds. The molecule has 0 bridgehead atoms. The molecule has 2 heterocycles. The molecule has 0 aliphatic heterocycles. The molecule has 4 rings (SSSR count). The summed E-state index contributed by atoms with van der Waals surface area (Å²) < 4.78 is 1.11. The van der Waals surface area contributed by atoms with Crippen LogP contribution < -0.4 is 11.3 Å². The van der Waals surface area contributed by atoms with Crippen LogP contribution in [0.1, 0.15) is 16.7 Å². The molecule has 94 valence electrons. The van der Waals surface area contributed by atoms with Crippen molar-refractivity contribution in [1.29, 1.82) is 0 Å². The number of fused-ring (bicyclic) bond motifs is 5. The predicted molar refractivity (Wildman–Crippen MR) is 78.6 cm³/mol.